The first kappa shape index (κ1) is 11.1. The Morgan fingerprint density at radius 2 is 2.44 bits per heavy atom. The Balaban J connectivity index is 2.16. The fourth-order valence-electron chi connectivity index (χ4n) is 1.96. The van der Waals surface area contributed by atoms with Crippen LogP contribution in [-0.4, -0.2) is 28.9 Å². The molecule has 1 unspecified atom stereocenters. The number of amidine groups is 1. The maximum absolute atomic E-state index is 7.48. The average Bonchev–Trinajstić information content (AvgIpc) is 2.30. The van der Waals surface area contributed by atoms with Gasteiger partial charge in [0.1, 0.15) is 11.3 Å². The highest BCUT2D eigenvalue weighted by Gasteiger charge is 2.24. The predicted octanol–water partition coefficient (Wildman–Crippen LogP) is 1.28. The number of hydrogen-bond donors (Lipinski definition) is 2. The van der Waals surface area contributed by atoms with Crippen LogP contribution < -0.4 is 10.6 Å². The third-order valence-corrected chi connectivity index (χ3v) is 3.08. The Bertz CT molecular complexity index is 395. The number of anilines is 1. The molecule has 1 aliphatic rings. The lowest BCUT2D eigenvalue weighted by Crippen LogP contribution is -2.41. The summed E-state index contributed by atoms with van der Waals surface area (Å²) in [5.74, 6) is 1.09. The molecule has 0 bridgehead atoms. The molecule has 0 aliphatic carbocycles. The molecule has 5 nitrogen and oxygen atoms in total. The molecule has 16 heavy (non-hydrogen) atoms. The van der Waals surface area contributed by atoms with Gasteiger partial charge in [-0.25, -0.2) is 9.97 Å². The molecule has 1 aliphatic heterocycles. The highest BCUT2D eigenvalue weighted by molar-refractivity contribution is 6.32. The Morgan fingerprint density at radius 1 is 1.62 bits per heavy atom. The lowest BCUT2D eigenvalue weighted by Gasteiger charge is -2.33. The van der Waals surface area contributed by atoms with Crippen molar-refractivity contribution in [2.45, 2.75) is 12.8 Å². The molecule has 3 N–H and O–H groups in total. The quantitative estimate of drug-likeness (QED) is 0.602. The van der Waals surface area contributed by atoms with Crippen molar-refractivity contribution in [3.63, 3.8) is 0 Å². The molecular formula is C10H14ClN5. The molecule has 86 valence electrons. The van der Waals surface area contributed by atoms with Crippen LogP contribution in [0.1, 0.15) is 12.8 Å². The van der Waals surface area contributed by atoms with E-state index in [1.165, 1.54) is 6.33 Å². The van der Waals surface area contributed by atoms with Gasteiger partial charge >= 0.3 is 0 Å². The van der Waals surface area contributed by atoms with Gasteiger partial charge in [0, 0.05) is 19.0 Å². The SMILES string of the molecule is N=C(N)C1CCCN(c2ncncc2Cl)C1. The lowest BCUT2D eigenvalue weighted by atomic mass is 9.97. The van der Waals surface area contributed by atoms with Crippen molar-refractivity contribution in [3.8, 4) is 0 Å². The summed E-state index contributed by atoms with van der Waals surface area (Å²) in [6, 6.07) is 0. The van der Waals surface area contributed by atoms with E-state index in [0.717, 1.165) is 25.2 Å². The summed E-state index contributed by atoms with van der Waals surface area (Å²) >= 11 is 6.03. The number of piperidine rings is 1. The van der Waals surface area contributed by atoms with E-state index in [9.17, 15) is 0 Å². The molecule has 0 aromatic carbocycles. The summed E-state index contributed by atoms with van der Waals surface area (Å²) < 4.78 is 0. The third-order valence-electron chi connectivity index (χ3n) is 2.81. The first-order valence-electron chi connectivity index (χ1n) is 5.23. The Hall–Kier alpha value is -1.36. The second-order valence-corrected chi connectivity index (χ2v) is 4.34. The zero-order chi connectivity index (χ0) is 11.5. The van der Waals surface area contributed by atoms with Crippen LogP contribution in [0.3, 0.4) is 0 Å². The van der Waals surface area contributed by atoms with E-state index in [1.54, 1.807) is 6.20 Å². The van der Waals surface area contributed by atoms with Gasteiger partial charge in [-0.1, -0.05) is 11.6 Å². The van der Waals surface area contributed by atoms with E-state index in [1.807, 2.05) is 0 Å². The van der Waals surface area contributed by atoms with Gasteiger partial charge in [0.2, 0.25) is 0 Å². The summed E-state index contributed by atoms with van der Waals surface area (Å²) in [6.45, 7) is 1.62. The Kier molecular flexibility index (Phi) is 3.24. The minimum Gasteiger partial charge on any atom is -0.387 e. The largest absolute Gasteiger partial charge is 0.387 e. The number of nitrogens with zero attached hydrogens (tertiary/aromatic N) is 3. The minimum atomic E-state index is 0.111. The summed E-state index contributed by atoms with van der Waals surface area (Å²) in [5, 5.41) is 8.03. The van der Waals surface area contributed by atoms with Gasteiger partial charge in [-0.15, -0.1) is 0 Å². The molecular weight excluding hydrogens is 226 g/mol. The zero-order valence-corrected chi connectivity index (χ0v) is 9.61. The molecule has 6 heteroatoms. The first-order valence-corrected chi connectivity index (χ1v) is 5.60. The molecule has 0 radical (unpaired) electrons. The molecule has 1 aromatic heterocycles. The van der Waals surface area contributed by atoms with Crippen molar-refractivity contribution >= 4 is 23.3 Å². The molecule has 1 aromatic rings. The van der Waals surface area contributed by atoms with Crippen LogP contribution in [0, 0.1) is 11.3 Å². The first-order chi connectivity index (χ1) is 7.68. The maximum atomic E-state index is 7.48. The fourth-order valence-corrected chi connectivity index (χ4v) is 2.19. The molecule has 0 spiro atoms. The van der Waals surface area contributed by atoms with Gasteiger partial charge in [0.25, 0.3) is 0 Å². The standard InChI is InChI=1S/C10H14ClN5/c11-8-4-14-6-15-10(8)16-3-1-2-7(5-16)9(12)13/h4,6-7H,1-3,5H2,(H3,12,13). The third kappa shape index (κ3) is 2.24. The van der Waals surface area contributed by atoms with E-state index in [4.69, 9.17) is 22.7 Å². The summed E-state index contributed by atoms with van der Waals surface area (Å²) in [6.07, 6.45) is 5.04. The van der Waals surface area contributed by atoms with Crippen LogP contribution in [0.2, 0.25) is 5.02 Å². The monoisotopic (exact) mass is 239 g/mol. The number of rotatable bonds is 2. The minimum absolute atomic E-state index is 0.111. The molecule has 1 atom stereocenters. The van der Waals surface area contributed by atoms with Gasteiger partial charge < -0.3 is 10.6 Å². The number of halogens is 1. The van der Waals surface area contributed by atoms with Crippen molar-refractivity contribution < 1.29 is 0 Å². The average molecular weight is 240 g/mol. The van der Waals surface area contributed by atoms with E-state index >= 15 is 0 Å². The number of nitrogens with one attached hydrogen (secondary N) is 1. The van der Waals surface area contributed by atoms with Gasteiger partial charge in [-0.3, -0.25) is 5.41 Å². The Morgan fingerprint density at radius 3 is 3.12 bits per heavy atom. The van der Waals surface area contributed by atoms with Crippen LogP contribution in [0.5, 0.6) is 0 Å². The van der Waals surface area contributed by atoms with Crippen LogP contribution in [0.4, 0.5) is 5.82 Å². The Labute approximate surface area is 99.1 Å². The molecule has 1 saturated heterocycles. The van der Waals surface area contributed by atoms with E-state index in [0.29, 0.717) is 11.6 Å². The number of hydrogen-bond acceptors (Lipinski definition) is 4. The van der Waals surface area contributed by atoms with E-state index < -0.39 is 0 Å². The maximum Gasteiger partial charge on any atom is 0.150 e. The summed E-state index contributed by atoms with van der Waals surface area (Å²) in [5.41, 5.74) is 5.54. The predicted molar refractivity (Wildman–Crippen MR) is 63.9 cm³/mol. The van der Waals surface area contributed by atoms with Crippen molar-refractivity contribution in [2.75, 3.05) is 18.0 Å². The second-order valence-electron chi connectivity index (χ2n) is 3.93. The van der Waals surface area contributed by atoms with Crippen molar-refractivity contribution in [1.82, 2.24) is 9.97 Å². The van der Waals surface area contributed by atoms with Gasteiger partial charge in [-0.2, -0.15) is 0 Å². The van der Waals surface area contributed by atoms with Gasteiger partial charge in [0.05, 0.1) is 12.0 Å². The molecule has 1 fully saturated rings. The zero-order valence-electron chi connectivity index (χ0n) is 8.86. The van der Waals surface area contributed by atoms with Crippen LogP contribution in [-0.2, 0) is 0 Å². The highest BCUT2D eigenvalue weighted by atomic mass is 35.5. The van der Waals surface area contributed by atoms with E-state index in [-0.39, 0.29) is 11.8 Å². The van der Waals surface area contributed by atoms with Crippen LogP contribution >= 0.6 is 11.6 Å². The summed E-state index contributed by atoms with van der Waals surface area (Å²) in [4.78, 5) is 10.1. The second kappa shape index (κ2) is 4.65. The highest BCUT2D eigenvalue weighted by Crippen LogP contribution is 2.26. The van der Waals surface area contributed by atoms with Crippen LogP contribution in [0.25, 0.3) is 0 Å². The topological polar surface area (TPSA) is 78.9 Å². The fraction of sp³-hybridized carbons (Fsp3) is 0.500. The van der Waals surface area contributed by atoms with Gasteiger partial charge in [0.15, 0.2) is 5.82 Å². The normalized spacial score (nSPS) is 20.8. The number of nitrogens with two attached hydrogens (primary N) is 1. The van der Waals surface area contributed by atoms with E-state index in [2.05, 4.69) is 14.9 Å². The number of aromatic nitrogens is 2. The molecule has 2 rings (SSSR count). The smallest absolute Gasteiger partial charge is 0.150 e. The lowest BCUT2D eigenvalue weighted by molar-refractivity contribution is 0.500. The van der Waals surface area contributed by atoms with Crippen molar-refractivity contribution in [1.29, 1.82) is 5.41 Å². The van der Waals surface area contributed by atoms with Crippen molar-refractivity contribution in [2.24, 2.45) is 11.7 Å². The molecule has 0 saturated carbocycles. The van der Waals surface area contributed by atoms with Crippen LogP contribution in [0.15, 0.2) is 12.5 Å². The molecule has 2 heterocycles. The van der Waals surface area contributed by atoms with Gasteiger partial charge in [-0.05, 0) is 12.8 Å². The van der Waals surface area contributed by atoms with Crippen molar-refractivity contribution in [3.05, 3.63) is 17.5 Å². The molecule has 0 amide bonds. The summed E-state index contributed by atoms with van der Waals surface area (Å²) in [7, 11) is 0.